The smallest absolute Gasteiger partial charge is 0.245 e. The number of sulfonamides is 1. The second-order valence-corrected chi connectivity index (χ2v) is 8.02. The summed E-state index contributed by atoms with van der Waals surface area (Å²) < 4.78 is 57.0. The first-order chi connectivity index (χ1) is 12.6. The molecule has 0 atom stereocenters. The third-order valence-corrected chi connectivity index (χ3v) is 4.51. The highest BCUT2D eigenvalue weighted by molar-refractivity contribution is 7.92. The van der Waals surface area contributed by atoms with Crippen LogP contribution in [0.1, 0.15) is 13.8 Å². The van der Waals surface area contributed by atoms with E-state index in [0.717, 1.165) is 22.7 Å². The third-order valence-electron chi connectivity index (χ3n) is 3.37. The van der Waals surface area contributed by atoms with Crippen molar-refractivity contribution in [3.63, 3.8) is 0 Å². The molecule has 0 aliphatic carbocycles. The summed E-state index contributed by atoms with van der Waals surface area (Å²) in [5.74, 6) is -2.42. The van der Waals surface area contributed by atoms with Crippen LogP contribution < -0.4 is 14.4 Å². The Balaban J connectivity index is 2.22. The molecule has 0 saturated heterocycles. The molecule has 6 nitrogen and oxygen atoms in total. The molecule has 1 amide bonds. The molecule has 27 heavy (non-hydrogen) atoms. The maximum absolute atomic E-state index is 13.2. The zero-order valence-electron chi connectivity index (χ0n) is 15.1. The molecule has 0 fully saturated rings. The van der Waals surface area contributed by atoms with Crippen LogP contribution in [0.5, 0.6) is 5.75 Å². The molecule has 1 N–H and O–H groups in total. The fourth-order valence-electron chi connectivity index (χ4n) is 2.29. The molecule has 0 saturated carbocycles. The van der Waals surface area contributed by atoms with Crippen LogP contribution in [0.15, 0.2) is 42.5 Å². The molecule has 2 aromatic rings. The largest absolute Gasteiger partial charge is 0.491 e. The van der Waals surface area contributed by atoms with E-state index in [1.807, 2.05) is 13.8 Å². The van der Waals surface area contributed by atoms with Crippen molar-refractivity contribution in [2.24, 2.45) is 0 Å². The molecule has 2 aromatic carbocycles. The monoisotopic (exact) mass is 398 g/mol. The summed E-state index contributed by atoms with van der Waals surface area (Å²) in [6.45, 7) is 3.12. The molecule has 0 spiro atoms. The Morgan fingerprint density at radius 2 is 1.85 bits per heavy atom. The van der Waals surface area contributed by atoms with Gasteiger partial charge in [-0.1, -0.05) is 6.07 Å². The number of carbonyl (C=O) groups is 1. The van der Waals surface area contributed by atoms with Gasteiger partial charge in [-0.3, -0.25) is 9.10 Å². The van der Waals surface area contributed by atoms with Crippen molar-refractivity contribution in [2.75, 3.05) is 22.4 Å². The van der Waals surface area contributed by atoms with Crippen LogP contribution in [0.25, 0.3) is 0 Å². The molecule has 2 rings (SSSR count). The van der Waals surface area contributed by atoms with Gasteiger partial charge in [0.1, 0.15) is 12.3 Å². The van der Waals surface area contributed by atoms with Crippen LogP contribution in [-0.4, -0.2) is 33.2 Å². The third kappa shape index (κ3) is 5.92. The van der Waals surface area contributed by atoms with Gasteiger partial charge in [-0.2, -0.15) is 0 Å². The van der Waals surface area contributed by atoms with Crippen molar-refractivity contribution in [3.8, 4) is 5.75 Å². The van der Waals surface area contributed by atoms with Crippen molar-refractivity contribution in [2.45, 2.75) is 20.0 Å². The van der Waals surface area contributed by atoms with E-state index in [1.54, 1.807) is 12.1 Å². The van der Waals surface area contributed by atoms with Crippen molar-refractivity contribution in [1.29, 1.82) is 0 Å². The van der Waals surface area contributed by atoms with E-state index in [-0.39, 0.29) is 17.5 Å². The summed E-state index contributed by atoms with van der Waals surface area (Å²) in [4.78, 5) is 12.2. The lowest BCUT2D eigenvalue weighted by Crippen LogP contribution is -2.37. The Kier molecular flexibility index (Phi) is 6.37. The minimum Gasteiger partial charge on any atom is -0.491 e. The first-order valence-electron chi connectivity index (χ1n) is 8.05. The first kappa shape index (κ1) is 20.6. The SMILES string of the molecule is CC(C)Oc1cccc(N(CC(=O)Nc2ccc(F)c(F)c2)S(C)(=O)=O)c1. The Hall–Kier alpha value is -2.68. The number of rotatable bonds is 7. The molecule has 0 unspecified atom stereocenters. The van der Waals surface area contributed by atoms with E-state index in [2.05, 4.69) is 5.32 Å². The number of carbonyl (C=O) groups excluding carboxylic acids is 1. The minimum atomic E-state index is -3.78. The Morgan fingerprint density at radius 1 is 1.15 bits per heavy atom. The van der Waals surface area contributed by atoms with Crippen LogP contribution in [0.4, 0.5) is 20.2 Å². The van der Waals surface area contributed by atoms with E-state index < -0.39 is 34.1 Å². The molecule has 0 aromatic heterocycles. The first-order valence-corrected chi connectivity index (χ1v) is 9.90. The topological polar surface area (TPSA) is 75.7 Å². The Bertz CT molecular complexity index is 933. The summed E-state index contributed by atoms with van der Waals surface area (Å²) in [6, 6.07) is 9.17. The Morgan fingerprint density at radius 3 is 2.44 bits per heavy atom. The molecular formula is C18H20F2N2O4S. The van der Waals surface area contributed by atoms with Gasteiger partial charge >= 0.3 is 0 Å². The lowest BCUT2D eigenvalue weighted by atomic mass is 10.3. The van der Waals surface area contributed by atoms with E-state index >= 15 is 0 Å². The fraction of sp³-hybridized carbons (Fsp3) is 0.278. The van der Waals surface area contributed by atoms with Gasteiger partial charge in [0.25, 0.3) is 0 Å². The number of hydrogen-bond acceptors (Lipinski definition) is 4. The maximum Gasteiger partial charge on any atom is 0.245 e. The molecular weight excluding hydrogens is 378 g/mol. The predicted molar refractivity (Wildman–Crippen MR) is 99.4 cm³/mol. The lowest BCUT2D eigenvalue weighted by Gasteiger charge is -2.22. The van der Waals surface area contributed by atoms with Gasteiger partial charge in [0.15, 0.2) is 11.6 Å². The highest BCUT2D eigenvalue weighted by atomic mass is 32.2. The maximum atomic E-state index is 13.2. The van der Waals surface area contributed by atoms with Gasteiger partial charge < -0.3 is 10.1 Å². The highest BCUT2D eigenvalue weighted by Gasteiger charge is 2.21. The second kappa shape index (κ2) is 8.34. The summed E-state index contributed by atoms with van der Waals surface area (Å²) in [5.41, 5.74) is 0.264. The van der Waals surface area contributed by atoms with E-state index in [0.29, 0.717) is 5.75 Å². The van der Waals surface area contributed by atoms with Crippen LogP contribution in [0.3, 0.4) is 0 Å². The van der Waals surface area contributed by atoms with Crippen molar-refractivity contribution >= 4 is 27.3 Å². The Labute approximate surface area is 156 Å². The zero-order chi connectivity index (χ0) is 20.2. The number of ether oxygens (including phenoxy) is 1. The van der Waals surface area contributed by atoms with E-state index in [1.165, 1.54) is 18.2 Å². The molecule has 0 aliphatic rings. The number of amides is 1. The van der Waals surface area contributed by atoms with Gasteiger partial charge in [-0.05, 0) is 38.1 Å². The molecule has 0 aliphatic heterocycles. The van der Waals surface area contributed by atoms with Gasteiger partial charge in [0, 0.05) is 17.8 Å². The van der Waals surface area contributed by atoms with Crippen LogP contribution in [-0.2, 0) is 14.8 Å². The lowest BCUT2D eigenvalue weighted by molar-refractivity contribution is -0.114. The number of nitrogens with zero attached hydrogens (tertiary/aromatic N) is 1. The quantitative estimate of drug-likeness (QED) is 0.777. The molecule has 0 heterocycles. The summed E-state index contributed by atoms with van der Waals surface area (Å²) in [6.07, 6.45) is 0.858. The average molecular weight is 398 g/mol. The predicted octanol–water partition coefficient (Wildman–Crippen LogP) is 3.16. The molecule has 0 bridgehead atoms. The number of nitrogens with one attached hydrogen (secondary N) is 1. The van der Waals surface area contributed by atoms with E-state index in [9.17, 15) is 22.0 Å². The van der Waals surface area contributed by atoms with Crippen molar-refractivity contribution in [3.05, 3.63) is 54.1 Å². The molecule has 9 heteroatoms. The number of hydrogen-bond donors (Lipinski definition) is 1. The summed E-state index contributed by atoms with van der Waals surface area (Å²) in [5, 5.41) is 2.35. The number of halogens is 2. The zero-order valence-corrected chi connectivity index (χ0v) is 15.9. The normalized spacial score (nSPS) is 11.3. The fourth-order valence-corrected chi connectivity index (χ4v) is 3.14. The van der Waals surface area contributed by atoms with Gasteiger partial charge in [0.2, 0.25) is 15.9 Å². The second-order valence-electron chi connectivity index (χ2n) is 6.11. The highest BCUT2D eigenvalue weighted by Crippen LogP contribution is 2.24. The summed E-state index contributed by atoms with van der Waals surface area (Å²) >= 11 is 0. The average Bonchev–Trinajstić information content (AvgIpc) is 2.54. The van der Waals surface area contributed by atoms with Gasteiger partial charge in [0.05, 0.1) is 18.0 Å². The van der Waals surface area contributed by atoms with Gasteiger partial charge in [-0.25, -0.2) is 17.2 Å². The van der Waals surface area contributed by atoms with Crippen molar-refractivity contribution in [1.82, 2.24) is 0 Å². The molecule has 0 radical (unpaired) electrons. The van der Waals surface area contributed by atoms with Crippen LogP contribution >= 0.6 is 0 Å². The van der Waals surface area contributed by atoms with Gasteiger partial charge in [-0.15, -0.1) is 0 Å². The van der Waals surface area contributed by atoms with Crippen LogP contribution in [0, 0.1) is 11.6 Å². The minimum absolute atomic E-state index is 0.0178. The van der Waals surface area contributed by atoms with Crippen molar-refractivity contribution < 1.29 is 26.7 Å². The van der Waals surface area contributed by atoms with E-state index in [4.69, 9.17) is 4.74 Å². The number of anilines is 2. The standard InChI is InChI=1S/C18H20F2N2O4S/c1-12(2)26-15-6-4-5-14(10-15)22(27(3,24)25)11-18(23)21-13-7-8-16(19)17(20)9-13/h4-10,12H,11H2,1-3H3,(H,21,23). The molecule has 146 valence electrons. The summed E-state index contributed by atoms with van der Waals surface area (Å²) in [7, 11) is -3.78. The number of benzene rings is 2. The van der Waals surface area contributed by atoms with Crippen LogP contribution in [0.2, 0.25) is 0 Å².